The molecule has 19 heavy (non-hydrogen) atoms. The normalized spacial score (nSPS) is 16.2. The number of ether oxygens (including phenoxy) is 1. The van der Waals surface area contributed by atoms with Crippen LogP contribution in [-0.4, -0.2) is 15.4 Å². The second kappa shape index (κ2) is 4.27. The zero-order valence-electron chi connectivity index (χ0n) is 11.0. The lowest BCUT2D eigenvalue weighted by molar-refractivity contribution is 0.137. The SMILES string of the molecule is CC1(C)Cc2cccc(Cn3ncc(Br)c3N)c2O1. The largest absolute Gasteiger partial charge is 0.487 e. The first-order valence-corrected chi connectivity index (χ1v) is 7.02. The number of nitrogens with two attached hydrogens (primary N) is 1. The highest BCUT2D eigenvalue weighted by Gasteiger charge is 2.31. The van der Waals surface area contributed by atoms with E-state index in [-0.39, 0.29) is 5.60 Å². The van der Waals surface area contributed by atoms with Gasteiger partial charge in [-0.25, -0.2) is 4.68 Å². The van der Waals surface area contributed by atoms with Crippen LogP contribution in [0.3, 0.4) is 0 Å². The van der Waals surface area contributed by atoms with Crippen LogP contribution < -0.4 is 10.5 Å². The van der Waals surface area contributed by atoms with Crippen LogP contribution in [0.25, 0.3) is 0 Å². The summed E-state index contributed by atoms with van der Waals surface area (Å²) in [7, 11) is 0. The summed E-state index contributed by atoms with van der Waals surface area (Å²) in [6, 6.07) is 6.25. The van der Waals surface area contributed by atoms with Gasteiger partial charge in [0.25, 0.3) is 0 Å². The maximum absolute atomic E-state index is 6.05. The number of rotatable bonds is 2. The Bertz CT molecular complexity index is 634. The zero-order valence-corrected chi connectivity index (χ0v) is 12.6. The van der Waals surface area contributed by atoms with Crippen LogP contribution in [0.1, 0.15) is 25.0 Å². The minimum atomic E-state index is -0.130. The van der Waals surface area contributed by atoms with Gasteiger partial charge in [-0.15, -0.1) is 0 Å². The fourth-order valence-corrected chi connectivity index (χ4v) is 2.76. The minimum Gasteiger partial charge on any atom is -0.487 e. The Labute approximate surface area is 120 Å². The molecule has 1 aliphatic heterocycles. The van der Waals surface area contributed by atoms with Gasteiger partial charge >= 0.3 is 0 Å². The van der Waals surface area contributed by atoms with Crippen molar-refractivity contribution in [1.82, 2.24) is 9.78 Å². The number of hydrogen-bond donors (Lipinski definition) is 1. The monoisotopic (exact) mass is 321 g/mol. The number of para-hydroxylation sites is 1. The third kappa shape index (κ3) is 2.23. The minimum absolute atomic E-state index is 0.130. The van der Waals surface area contributed by atoms with E-state index in [1.807, 2.05) is 0 Å². The van der Waals surface area contributed by atoms with Gasteiger partial charge < -0.3 is 10.5 Å². The first-order valence-electron chi connectivity index (χ1n) is 6.23. The zero-order chi connectivity index (χ0) is 13.6. The maximum Gasteiger partial charge on any atom is 0.136 e. The molecule has 5 heteroatoms. The predicted octanol–water partition coefficient (Wildman–Crippen LogP) is 2.99. The summed E-state index contributed by atoms with van der Waals surface area (Å²) in [6.45, 7) is 4.84. The summed E-state index contributed by atoms with van der Waals surface area (Å²) in [5.74, 6) is 1.62. The van der Waals surface area contributed by atoms with E-state index < -0.39 is 0 Å². The summed E-state index contributed by atoms with van der Waals surface area (Å²) < 4.78 is 8.64. The van der Waals surface area contributed by atoms with Crippen LogP contribution in [0, 0.1) is 0 Å². The quantitative estimate of drug-likeness (QED) is 0.925. The summed E-state index contributed by atoms with van der Waals surface area (Å²) >= 11 is 3.37. The summed E-state index contributed by atoms with van der Waals surface area (Å²) in [4.78, 5) is 0. The fourth-order valence-electron chi connectivity index (χ4n) is 2.46. The van der Waals surface area contributed by atoms with Crippen molar-refractivity contribution in [2.75, 3.05) is 5.73 Å². The predicted molar refractivity (Wildman–Crippen MR) is 78.3 cm³/mol. The fraction of sp³-hybridized carbons (Fsp3) is 0.357. The van der Waals surface area contributed by atoms with Crippen molar-refractivity contribution in [2.45, 2.75) is 32.4 Å². The maximum atomic E-state index is 6.05. The molecule has 1 aromatic heterocycles. The van der Waals surface area contributed by atoms with Gasteiger partial charge in [-0.2, -0.15) is 5.10 Å². The Morgan fingerprint density at radius 3 is 2.95 bits per heavy atom. The Hall–Kier alpha value is -1.49. The Balaban J connectivity index is 1.96. The third-order valence-corrected chi connectivity index (χ3v) is 3.94. The smallest absolute Gasteiger partial charge is 0.136 e. The number of halogens is 1. The lowest BCUT2D eigenvalue weighted by Gasteiger charge is -2.18. The second-order valence-corrected chi connectivity index (χ2v) is 6.33. The van der Waals surface area contributed by atoms with Gasteiger partial charge in [0.2, 0.25) is 0 Å². The number of fused-ring (bicyclic) bond motifs is 1. The molecule has 0 amide bonds. The Kier molecular flexibility index (Phi) is 2.82. The van der Waals surface area contributed by atoms with Crippen LogP contribution in [0.5, 0.6) is 5.75 Å². The van der Waals surface area contributed by atoms with Crippen molar-refractivity contribution in [3.63, 3.8) is 0 Å². The van der Waals surface area contributed by atoms with Gasteiger partial charge in [0.1, 0.15) is 17.2 Å². The molecule has 4 nitrogen and oxygen atoms in total. The lowest BCUT2D eigenvalue weighted by Crippen LogP contribution is -2.25. The van der Waals surface area contributed by atoms with Gasteiger partial charge in [-0.05, 0) is 35.3 Å². The van der Waals surface area contributed by atoms with E-state index in [0.29, 0.717) is 12.4 Å². The molecule has 0 atom stereocenters. The molecular formula is C14H16BrN3O. The summed E-state index contributed by atoms with van der Waals surface area (Å²) in [5, 5.41) is 4.26. The molecule has 2 heterocycles. The third-order valence-electron chi connectivity index (χ3n) is 3.33. The van der Waals surface area contributed by atoms with E-state index >= 15 is 0 Å². The molecule has 0 spiro atoms. The summed E-state index contributed by atoms with van der Waals surface area (Å²) in [5.41, 5.74) is 8.20. The van der Waals surface area contributed by atoms with Crippen LogP contribution in [0.15, 0.2) is 28.9 Å². The molecule has 2 aromatic rings. The molecule has 1 aliphatic rings. The van der Waals surface area contributed by atoms with Crippen LogP contribution in [0.4, 0.5) is 5.82 Å². The van der Waals surface area contributed by atoms with Gasteiger partial charge in [-0.3, -0.25) is 0 Å². The highest BCUT2D eigenvalue weighted by Crippen LogP contribution is 2.38. The van der Waals surface area contributed by atoms with E-state index in [4.69, 9.17) is 10.5 Å². The van der Waals surface area contributed by atoms with Gasteiger partial charge in [0.05, 0.1) is 17.2 Å². The van der Waals surface area contributed by atoms with E-state index in [1.165, 1.54) is 5.56 Å². The topological polar surface area (TPSA) is 53.1 Å². The molecular weight excluding hydrogens is 306 g/mol. The van der Waals surface area contributed by atoms with Gasteiger partial charge in [-0.1, -0.05) is 18.2 Å². The van der Waals surface area contributed by atoms with Crippen molar-refractivity contribution in [3.05, 3.63) is 40.0 Å². The second-order valence-electron chi connectivity index (χ2n) is 5.48. The highest BCUT2D eigenvalue weighted by molar-refractivity contribution is 9.10. The van der Waals surface area contributed by atoms with Crippen LogP contribution >= 0.6 is 15.9 Å². The molecule has 3 rings (SSSR count). The highest BCUT2D eigenvalue weighted by atomic mass is 79.9. The average Bonchev–Trinajstić information content (AvgIpc) is 2.82. The molecule has 0 fully saturated rings. The van der Waals surface area contributed by atoms with E-state index in [1.54, 1.807) is 10.9 Å². The molecule has 100 valence electrons. The molecule has 0 saturated heterocycles. The number of nitrogen functional groups attached to an aromatic ring is 1. The van der Waals surface area contributed by atoms with Gasteiger partial charge in [0, 0.05) is 12.0 Å². The Morgan fingerprint density at radius 1 is 1.47 bits per heavy atom. The van der Waals surface area contributed by atoms with E-state index in [2.05, 4.69) is 53.1 Å². The number of hydrogen-bond acceptors (Lipinski definition) is 3. The lowest BCUT2D eigenvalue weighted by atomic mass is 10.0. The van der Waals surface area contributed by atoms with E-state index in [9.17, 15) is 0 Å². The summed E-state index contributed by atoms with van der Waals surface area (Å²) in [6.07, 6.45) is 2.65. The van der Waals surface area contributed by atoms with Crippen molar-refractivity contribution >= 4 is 21.7 Å². The molecule has 1 aromatic carbocycles. The molecule has 0 saturated carbocycles. The molecule has 0 radical (unpaired) electrons. The molecule has 0 unspecified atom stereocenters. The first kappa shape index (κ1) is 12.5. The van der Waals surface area contributed by atoms with E-state index in [0.717, 1.165) is 22.2 Å². The molecule has 0 aliphatic carbocycles. The number of anilines is 1. The Morgan fingerprint density at radius 2 is 2.26 bits per heavy atom. The van der Waals surface area contributed by atoms with Crippen molar-refractivity contribution in [2.24, 2.45) is 0 Å². The number of aromatic nitrogens is 2. The van der Waals surface area contributed by atoms with Crippen molar-refractivity contribution in [3.8, 4) is 5.75 Å². The number of nitrogens with zero attached hydrogens (tertiary/aromatic N) is 2. The van der Waals surface area contributed by atoms with Crippen LogP contribution in [0.2, 0.25) is 0 Å². The van der Waals surface area contributed by atoms with Crippen molar-refractivity contribution < 1.29 is 4.74 Å². The van der Waals surface area contributed by atoms with Crippen LogP contribution in [-0.2, 0) is 13.0 Å². The average molecular weight is 322 g/mol. The van der Waals surface area contributed by atoms with Gasteiger partial charge in [0.15, 0.2) is 0 Å². The van der Waals surface area contributed by atoms with Crippen molar-refractivity contribution in [1.29, 1.82) is 0 Å². The molecule has 0 bridgehead atoms. The first-order chi connectivity index (χ1) is 8.96. The molecule has 2 N–H and O–H groups in total. The standard InChI is InChI=1S/C14H16BrN3O/c1-14(2)6-9-4-3-5-10(12(9)19-14)8-18-13(16)11(15)7-17-18/h3-5,7H,6,8,16H2,1-2H3. The number of benzene rings is 1.